The van der Waals surface area contributed by atoms with E-state index in [1.807, 2.05) is 13.8 Å². The predicted octanol–water partition coefficient (Wildman–Crippen LogP) is 2.73. The van der Waals surface area contributed by atoms with Gasteiger partial charge in [-0.05, 0) is 49.4 Å². The molecule has 0 saturated carbocycles. The van der Waals surface area contributed by atoms with Crippen LogP contribution in [0.5, 0.6) is 5.75 Å². The Hall–Kier alpha value is -3.17. The molecule has 9 nitrogen and oxygen atoms in total. The number of methoxy groups -OCH3 is 1. The lowest BCUT2D eigenvalue weighted by Crippen LogP contribution is -2.59. The second-order valence-electron chi connectivity index (χ2n) is 10.5. The van der Waals surface area contributed by atoms with Crippen molar-refractivity contribution < 1.29 is 33.7 Å². The minimum Gasteiger partial charge on any atom is -0.497 e. The largest absolute Gasteiger partial charge is 0.497 e. The predicted molar refractivity (Wildman–Crippen MR) is 141 cm³/mol. The Morgan fingerprint density at radius 2 is 1.97 bits per heavy atom. The molecule has 2 unspecified atom stereocenters. The molecular weight excluding hydrogens is 488 g/mol. The Morgan fingerprint density at radius 3 is 2.55 bits per heavy atom. The van der Waals surface area contributed by atoms with Gasteiger partial charge in [0.15, 0.2) is 0 Å². The fourth-order valence-electron chi connectivity index (χ4n) is 6.32. The van der Waals surface area contributed by atoms with Gasteiger partial charge in [0, 0.05) is 12.2 Å². The van der Waals surface area contributed by atoms with Gasteiger partial charge in [0.2, 0.25) is 5.91 Å². The average molecular weight is 527 g/mol. The summed E-state index contributed by atoms with van der Waals surface area (Å²) in [5, 5.41) is 10.3. The molecule has 2 amide bonds. The van der Waals surface area contributed by atoms with E-state index in [-0.39, 0.29) is 37.5 Å². The molecule has 2 bridgehead atoms. The third-order valence-corrected chi connectivity index (χ3v) is 8.09. The van der Waals surface area contributed by atoms with E-state index in [1.54, 1.807) is 48.4 Å². The Morgan fingerprint density at radius 1 is 1.26 bits per heavy atom. The summed E-state index contributed by atoms with van der Waals surface area (Å²) in [6.45, 7) is 11.3. The highest BCUT2D eigenvalue weighted by Gasteiger charge is 2.75. The summed E-state index contributed by atoms with van der Waals surface area (Å²) in [7, 11) is 1.57. The topological polar surface area (TPSA) is 106 Å². The lowest BCUT2D eigenvalue weighted by atomic mass is 9.70. The van der Waals surface area contributed by atoms with Gasteiger partial charge in [-0.3, -0.25) is 14.4 Å². The van der Waals surface area contributed by atoms with E-state index in [2.05, 4.69) is 13.2 Å². The monoisotopic (exact) mass is 526 g/mol. The van der Waals surface area contributed by atoms with Gasteiger partial charge in [0.25, 0.3) is 5.91 Å². The molecule has 1 aromatic rings. The summed E-state index contributed by atoms with van der Waals surface area (Å²) >= 11 is 0. The summed E-state index contributed by atoms with van der Waals surface area (Å²) in [6, 6.07) is 5.42. The van der Waals surface area contributed by atoms with Crippen molar-refractivity contribution in [3.05, 3.63) is 49.6 Å². The molecule has 4 rings (SSSR count). The number of ether oxygens (including phenoxy) is 3. The quantitative estimate of drug-likeness (QED) is 0.254. The minimum atomic E-state index is -1.19. The van der Waals surface area contributed by atoms with E-state index in [0.29, 0.717) is 30.7 Å². The molecule has 1 aromatic carbocycles. The number of fused-ring (bicyclic) bond motifs is 1. The molecule has 9 heteroatoms. The number of aliphatic hydroxyl groups is 1. The first-order chi connectivity index (χ1) is 18.2. The first kappa shape index (κ1) is 27.9. The molecule has 0 aromatic heterocycles. The number of carbonyl (C=O) groups is 3. The van der Waals surface area contributed by atoms with Crippen LogP contribution in [-0.2, 0) is 23.9 Å². The van der Waals surface area contributed by atoms with E-state index in [9.17, 15) is 19.5 Å². The molecule has 1 spiro atoms. The average Bonchev–Trinajstić information content (AvgIpc) is 3.55. The standard InChI is InChI=1S/C29H38N2O7/c1-6-8-16-37-28(35)23-22-13-14-29(38-22)24(23)26(33)31(21(17-32)18(3)4)25(29)27(34)30(15-7-2)19-9-11-20(36-5)12-10-19/h6-7,9-12,18,21-25,32H,1-2,8,13-17H2,3-5H3/t21-,22-,23+,24-,25?,29?/m0/s1. The van der Waals surface area contributed by atoms with Gasteiger partial charge < -0.3 is 29.1 Å². The van der Waals surface area contributed by atoms with Crippen LogP contribution in [0.15, 0.2) is 49.6 Å². The molecular formula is C29H38N2O7. The molecule has 206 valence electrons. The lowest BCUT2D eigenvalue weighted by molar-refractivity contribution is -0.156. The maximum absolute atomic E-state index is 14.5. The number of rotatable bonds is 12. The van der Waals surface area contributed by atoms with Crippen LogP contribution in [0.25, 0.3) is 0 Å². The highest BCUT2D eigenvalue weighted by atomic mass is 16.6. The number of hydrogen-bond donors (Lipinski definition) is 1. The van der Waals surface area contributed by atoms with Crippen molar-refractivity contribution in [2.75, 3.05) is 31.8 Å². The third kappa shape index (κ3) is 4.52. The van der Waals surface area contributed by atoms with Gasteiger partial charge in [-0.1, -0.05) is 26.0 Å². The highest BCUT2D eigenvalue weighted by Crippen LogP contribution is 2.59. The number of anilines is 1. The number of amides is 2. The Balaban J connectivity index is 1.77. The van der Waals surface area contributed by atoms with E-state index in [1.165, 1.54) is 4.90 Å². The normalized spacial score (nSPS) is 28.2. The maximum Gasteiger partial charge on any atom is 0.312 e. The van der Waals surface area contributed by atoms with Crippen molar-refractivity contribution in [2.45, 2.75) is 56.9 Å². The van der Waals surface area contributed by atoms with E-state index in [4.69, 9.17) is 14.2 Å². The molecule has 0 aliphatic carbocycles. The summed E-state index contributed by atoms with van der Waals surface area (Å²) in [6.07, 6.45) is 4.27. The van der Waals surface area contributed by atoms with Gasteiger partial charge in [-0.25, -0.2) is 0 Å². The molecule has 38 heavy (non-hydrogen) atoms. The van der Waals surface area contributed by atoms with Crippen LogP contribution in [0.4, 0.5) is 5.69 Å². The molecule has 3 aliphatic heterocycles. The summed E-state index contributed by atoms with van der Waals surface area (Å²) in [5.41, 5.74) is -0.573. The van der Waals surface area contributed by atoms with E-state index < -0.39 is 41.6 Å². The molecule has 3 saturated heterocycles. The third-order valence-electron chi connectivity index (χ3n) is 8.09. The van der Waals surface area contributed by atoms with Crippen LogP contribution in [-0.4, -0.2) is 78.4 Å². The van der Waals surface area contributed by atoms with E-state index >= 15 is 0 Å². The first-order valence-corrected chi connectivity index (χ1v) is 13.2. The number of esters is 1. The van der Waals surface area contributed by atoms with Gasteiger partial charge in [0.1, 0.15) is 17.4 Å². The molecule has 6 atom stereocenters. The zero-order valence-electron chi connectivity index (χ0n) is 22.4. The van der Waals surface area contributed by atoms with Crippen LogP contribution in [0, 0.1) is 17.8 Å². The minimum absolute atomic E-state index is 0.140. The Bertz CT molecular complexity index is 1070. The van der Waals surface area contributed by atoms with Crippen molar-refractivity contribution >= 4 is 23.5 Å². The number of likely N-dealkylation sites (tertiary alicyclic amines) is 1. The summed E-state index contributed by atoms with van der Waals surface area (Å²) in [5.74, 6) is -2.34. The van der Waals surface area contributed by atoms with Crippen molar-refractivity contribution in [1.29, 1.82) is 0 Å². The number of hydrogen-bond acceptors (Lipinski definition) is 7. The van der Waals surface area contributed by atoms with Crippen molar-refractivity contribution in [3.63, 3.8) is 0 Å². The zero-order chi connectivity index (χ0) is 27.6. The smallest absolute Gasteiger partial charge is 0.312 e. The molecule has 0 radical (unpaired) electrons. The molecule has 1 N–H and O–H groups in total. The van der Waals surface area contributed by atoms with Crippen LogP contribution in [0.3, 0.4) is 0 Å². The number of aliphatic hydroxyl groups excluding tert-OH is 1. The van der Waals surface area contributed by atoms with Gasteiger partial charge >= 0.3 is 5.97 Å². The lowest BCUT2D eigenvalue weighted by Gasteiger charge is -2.40. The highest BCUT2D eigenvalue weighted by molar-refractivity contribution is 6.04. The van der Waals surface area contributed by atoms with Crippen molar-refractivity contribution in [1.82, 2.24) is 4.90 Å². The fraction of sp³-hybridized carbons (Fsp3) is 0.552. The second kappa shape index (κ2) is 11.3. The van der Waals surface area contributed by atoms with Crippen LogP contribution in [0.2, 0.25) is 0 Å². The molecule has 3 fully saturated rings. The van der Waals surface area contributed by atoms with Crippen LogP contribution in [0.1, 0.15) is 33.1 Å². The zero-order valence-corrected chi connectivity index (χ0v) is 22.4. The SMILES string of the molecule is C=CCCOC(=O)[C@@H]1[C@@H]2CCC3(O2)C(C(=O)N(CC=C)c2ccc(OC)cc2)N([C@@H](CO)C(C)C)C(=O)[C@H]13. The first-order valence-electron chi connectivity index (χ1n) is 13.2. The summed E-state index contributed by atoms with van der Waals surface area (Å²) < 4.78 is 17.2. The van der Waals surface area contributed by atoms with Gasteiger partial charge in [-0.15, -0.1) is 13.2 Å². The number of carbonyl (C=O) groups excluding carboxylic acids is 3. The summed E-state index contributed by atoms with van der Waals surface area (Å²) in [4.78, 5) is 44.9. The Kier molecular flexibility index (Phi) is 8.28. The molecule has 3 heterocycles. The fourth-order valence-corrected chi connectivity index (χ4v) is 6.32. The molecule has 3 aliphatic rings. The Labute approximate surface area is 224 Å². The number of benzene rings is 1. The number of nitrogens with zero attached hydrogens (tertiary/aromatic N) is 2. The van der Waals surface area contributed by atoms with Crippen LogP contribution >= 0.6 is 0 Å². The van der Waals surface area contributed by atoms with Gasteiger partial charge in [-0.2, -0.15) is 0 Å². The van der Waals surface area contributed by atoms with Gasteiger partial charge in [0.05, 0.1) is 44.3 Å². The maximum atomic E-state index is 14.5. The second-order valence-corrected chi connectivity index (χ2v) is 10.5. The van der Waals surface area contributed by atoms with Crippen molar-refractivity contribution in [3.8, 4) is 5.75 Å². The van der Waals surface area contributed by atoms with E-state index in [0.717, 1.165) is 0 Å². The van der Waals surface area contributed by atoms with Crippen LogP contribution < -0.4 is 9.64 Å². The van der Waals surface area contributed by atoms with Crippen molar-refractivity contribution in [2.24, 2.45) is 17.8 Å².